The molecule has 4 fully saturated rings. The predicted octanol–water partition coefficient (Wildman–Crippen LogP) is 1.08. The van der Waals surface area contributed by atoms with Crippen LogP contribution in [0, 0.1) is 5.92 Å². The molecule has 0 radical (unpaired) electrons. The number of hydrogen-bond acceptors (Lipinski definition) is 4. The van der Waals surface area contributed by atoms with Gasteiger partial charge in [-0.25, -0.2) is 4.98 Å². The lowest BCUT2D eigenvalue weighted by Crippen LogP contribution is -2.54. The van der Waals surface area contributed by atoms with E-state index in [1.165, 1.54) is 25.9 Å². The van der Waals surface area contributed by atoms with Crippen molar-refractivity contribution in [1.29, 1.82) is 0 Å². The van der Waals surface area contributed by atoms with Gasteiger partial charge < -0.3 is 14.8 Å². The van der Waals surface area contributed by atoms with Crippen molar-refractivity contribution in [1.82, 2.24) is 14.5 Å². The van der Waals surface area contributed by atoms with Crippen LogP contribution in [0.5, 0.6) is 0 Å². The first-order valence-electron chi connectivity index (χ1n) is 7.37. The van der Waals surface area contributed by atoms with Gasteiger partial charge in [-0.1, -0.05) is 0 Å². The average Bonchev–Trinajstić information content (AvgIpc) is 3.27. The van der Waals surface area contributed by atoms with Crippen molar-refractivity contribution in [3.05, 3.63) is 22.7 Å². The van der Waals surface area contributed by atoms with Crippen molar-refractivity contribution in [2.24, 2.45) is 5.92 Å². The van der Waals surface area contributed by atoms with Gasteiger partial charge in [0.05, 0.1) is 0 Å². The molecule has 5 nitrogen and oxygen atoms in total. The van der Waals surface area contributed by atoms with Gasteiger partial charge in [0.2, 0.25) is 0 Å². The molecule has 4 heterocycles. The number of aromatic nitrogens is 2. The minimum Gasteiger partial charge on any atom is -0.361 e. The van der Waals surface area contributed by atoms with Crippen LogP contribution in [-0.4, -0.2) is 40.1 Å². The normalized spacial score (nSPS) is 33.4. The first kappa shape index (κ1) is 11.5. The van der Waals surface area contributed by atoms with Crippen molar-refractivity contribution in [2.45, 2.75) is 37.8 Å². The van der Waals surface area contributed by atoms with E-state index < -0.39 is 0 Å². The zero-order valence-electron chi connectivity index (χ0n) is 11.1. The summed E-state index contributed by atoms with van der Waals surface area (Å²) in [5.41, 5.74) is 0.0569. The summed E-state index contributed by atoms with van der Waals surface area (Å²) < 4.78 is 1.84. The van der Waals surface area contributed by atoms with Crippen LogP contribution in [0.3, 0.4) is 0 Å². The minimum atomic E-state index is 0.0569. The van der Waals surface area contributed by atoms with Crippen molar-refractivity contribution in [3.63, 3.8) is 0 Å². The maximum absolute atomic E-state index is 12.4. The van der Waals surface area contributed by atoms with E-state index in [-0.39, 0.29) is 5.56 Å². The van der Waals surface area contributed by atoms with Gasteiger partial charge in [-0.3, -0.25) is 4.79 Å². The molecular weight excluding hydrogens is 240 g/mol. The quantitative estimate of drug-likeness (QED) is 0.883. The Morgan fingerprint density at radius 1 is 1.21 bits per heavy atom. The third-order valence-corrected chi connectivity index (χ3v) is 4.79. The lowest BCUT2D eigenvalue weighted by atomic mass is 9.84. The maximum atomic E-state index is 12.4. The third kappa shape index (κ3) is 2.06. The van der Waals surface area contributed by atoms with Crippen LogP contribution in [0.25, 0.3) is 0 Å². The molecule has 1 saturated carbocycles. The van der Waals surface area contributed by atoms with Gasteiger partial charge in [0, 0.05) is 31.0 Å². The Kier molecular flexibility index (Phi) is 2.62. The summed E-state index contributed by atoms with van der Waals surface area (Å²) in [7, 11) is 0. The molecule has 1 aromatic heterocycles. The molecule has 0 amide bonds. The monoisotopic (exact) mass is 260 g/mol. The number of piperidine rings is 3. The Bertz CT molecular complexity index is 528. The van der Waals surface area contributed by atoms with E-state index >= 15 is 0 Å². The summed E-state index contributed by atoms with van der Waals surface area (Å²) in [5.74, 6) is 1.26. The van der Waals surface area contributed by atoms with Gasteiger partial charge in [-0.2, -0.15) is 0 Å². The van der Waals surface area contributed by atoms with Gasteiger partial charge in [0.1, 0.15) is 0 Å². The van der Waals surface area contributed by atoms with E-state index in [0.29, 0.717) is 23.8 Å². The SMILES string of the molecule is O=c1c(NC2CN3CCC2CC3)nccn1C1CC1. The minimum absolute atomic E-state index is 0.0569. The molecule has 1 unspecified atom stereocenters. The summed E-state index contributed by atoms with van der Waals surface area (Å²) in [5, 5.41) is 3.42. The standard InChI is InChI=1S/C14H20N4O/c19-14-13(15-5-8-18(14)11-1-2-11)16-12-9-17-6-3-10(12)4-7-17/h5,8,10-12H,1-4,6-7,9H2,(H,15,16). The highest BCUT2D eigenvalue weighted by molar-refractivity contribution is 5.33. The first-order valence-corrected chi connectivity index (χ1v) is 7.37. The molecule has 2 bridgehead atoms. The molecule has 3 aliphatic heterocycles. The van der Waals surface area contributed by atoms with E-state index in [1.54, 1.807) is 6.20 Å². The summed E-state index contributed by atoms with van der Waals surface area (Å²) in [6, 6.07) is 0.820. The molecule has 5 rings (SSSR count). The van der Waals surface area contributed by atoms with Crippen LogP contribution in [0.1, 0.15) is 31.7 Å². The fourth-order valence-electron chi connectivity index (χ4n) is 3.47. The van der Waals surface area contributed by atoms with Crippen molar-refractivity contribution >= 4 is 5.82 Å². The van der Waals surface area contributed by atoms with E-state index in [4.69, 9.17) is 0 Å². The zero-order valence-corrected chi connectivity index (χ0v) is 11.1. The number of rotatable bonds is 3. The maximum Gasteiger partial charge on any atom is 0.293 e. The Morgan fingerprint density at radius 3 is 2.63 bits per heavy atom. The molecule has 4 aliphatic rings. The Labute approximate surface area is 112 Å². The van der Waals surface area contributed by atoms with Gasteiger partial charge in [-0.05, 0) is 44.7 Å². The second-order valence-corrected chi connectivity index (χ2v) is 6.11. The molecule has 1 atom stereocenters. The second kappa shape index (κ2) is 4.34. The molecule has 1 N–H and O–H groups in total. The first-order chi connectivity index (χ1) is 9.31. The molecule has 5 heteroatoms. The fourth-order valence-corrected chi connectivity index (χ4v) is 3.47. The lowest BCUT2D eigenvalue weighted by molar-refractivity contribution is 0.0973. The van der Waals surface area contributed by atoms with Crippen LogP contribution in [0.2, 0.25) is 0 Å². The summed E-state index contributed by atoms with van der Waals surface area (Å²) >= 11 is 0. The number of anilines is 1. The number of nitrogens with zero attached hydrogens (tertiary/aromatic N) is 3. The molecule has 102 valence electrons. The largest absolute Gasteiger partial charge is 0.361 e. The molecule has 0 spiro atoms. The van der Waals surface area contributed by atoms with E-state index in [1.807, 2.05) is 10.8 Å². The van der Waals surface area contributed by atoms with Crippen LogP contribution < -0.4 is 10.9 Å². The van der Waals surface area contributed by atoms with Gasteiger partial charge in [0.25, 0.3) is 5.56 Å². The molecule has 3 saturated heterocycles. The fraction of sp³-hybridized carbons (Fsp3) is 0.714. The highest BCUT2D eigenvalue weighted by Gasteiger charge is 2.35. The van der Waals surface area contributed by atoms with Gasteiger partial charge >= 0.3 is 0 Å². The summed E-state index contributed by atoms with van der Waals surface area (Å²) in [4.78, 5) is 19.1. The summed E-state index contributed by atoms with van der Waals surface area (Å²) in [6.07, 6.45) is 8.33. The topological polar surface area (TPSA) is 50.2 Å². The highest BCUT2D eigenvalue weighted by Crippen LogP contribution is 2.33. The lowest BCUT2D eigenvalue weighted by Gasteiger charge is -2.45. The summed E-state index contributed by atoms with van der Waals surface area (Å²) in [6.45, 7) is 3.50. The van der Waals surface area contributed by atoms with Crippen molar-refractivity contribution in [2.75, 3.05) is 25.0 Å². The number of nitrogens with one attached hydrogen (secondary N) is 1. The van der Waals surface area contributed by atoms with Crippen molar-refractivity contribution < 1.29 is 0 Å². The van der Waals surface area contributed by atoms with Crippen LogP contribution >= 0.6 is 0 Å². The van der Waals surface area contributed by atoms with Crippen LogP contribution in [0.15, 0.2) is 17.2 Å². The number of hydrogen-bond donors (Lipinski definition) is 1. The predicted molar refractivity (Wildman–Crippen MR) is 73.3 cm³/mol. The zero-order chi connectivity index (χ0) is 12.8. The average molecular weight is 260 g/mol. The molecule has 19 heavy (non-hydrogen) atoms. The van der Waals surface area contributed by atoms with Gasteiger partial charge in [-0.15, -0.1) is 0 Å². The Hall–Kier alpha value is -1.36. The molecular formula is C14H20N4O. The highest BCUT2D eigenvalue weighted by atomic mass is 16.1. The number of fused-ring (bicyclic) bond motifs is 3. The van der Waals surface area contributed by atoms with Crippen molar-refractivity contribution in [3.8, 4) is 0 Å². The van der Waals surface area contributed by atoms with Crippen LogP contribution in [-0.2, 0) is 0 Å². The molecule has 1 aromatic rings. The van der Waals surface area contributed by atoms with E-state index in [9.17, 15) is 4.79 Å². The Balaban J connectivity index is 1.56. The second-order valence-electron chi connectivity index (χ2n) is 6.11. The molecule has 0 aromatic carbocycles. The Morgan fingerprint density at radius 2 is 2.00 bits per heavy atom. The molecule has 1 aliphatic carbocycles. The third-order valence-electron chi connectivity index (χ3n) is 4.79. The smallest absolute Gasteiger partial charge is 0.293 e. The van der Waals surface area contributed by atoms with Crippen LogP contribution in [0.4, 0.5) is 5.82 Å². The van der Waals surface area contributed by atoms with Gasteiger partial charge in [0.15, 0.2) is 5.82 Å². The van der Waals surface area contributed by atoms with E-state index in [0.717, 1.165) is 19.4 Å². The van der Waals surface area contributed by atoms with E-state index in [2.05, 4.69) is 15.2 Å².